The molecule has 0 atom stereocenters. The predicted octanol–water partition coefficient (Wildman–Crippen LogP) is 6.10. The minimum absolute atomic E-state index is 0.0174. The van der Waals surface area contributed by atoms with E-state index >= 15 is 0 Å². The molecule has 1 aromatic heterocycles. The second-order valence-electron chi connectivity index (χ2n) is 8.60. The number of carbonyl (C=O) groups excluding carboxylic acids is 1. The molecule has 0 bridgehead atoms. The standard InChI is InChI=1S/C27H22BrClFN5O5/c1-2-3-7-24-33-22-9-8-17(28)11-21(22)27(37)34(24)31-14-16-10-18(29)12-23(35(38)39)26(16)40-15-25(36)32-20-6-4-5-19(30)13-20/h4-6,8-14H,2-3,7,15H2,1H3,(H,32,36). The molecule has 10 nitrogen and oxygen atoms in total. The Morgan fingerprint density at radius 1 is 1.27 bits per heavy atom. The number of amides is 1. The first-order valence-corrected chi connectivity index (χ1v) is 13.2. The molecule has 0 aliphatic carbocycles. The highest BCUT2D eigenvalue weighted by atomic mass is 79.9. The number of nitro benzene ring substituents is 1. The molecule has 4 rings (SSSR count). The zero-order chi connectivity index (χ0) is 28.8. The number of fused-ring (bicyclic) bond motifs is 1. The van der Waals surface area contributed by atoms with E-state index in [1.54, 1.807) is 18.2 Å². The van der Waals surface area contributed by atoms with Crippen LogP contribution in [0.5, 0.6) is 5.75 Å². The first kappa shape index (κ1) is 28.8. The summed E-state index contributed by atoms with van der Waals surface area (Å²) in [5, 5.41) is 18.9. The van der Waals surface area contributed by atoms with Gasteiger partial charge in [0, 0.05) is 33.2 Å². The van der Waals surface area contributed by atoms with Crippen molar-refractivity contribution in [2.45, 2.75) is 26.2 Å². The second-order valence-corrected chi connectivity index (χ2v) is 9.95. The molecule has 206 valence electrons. The molecule has 40 heavy (non-hydrogen) atoms. The molecule has 0 aliphatic rings. The van der Waals surface area contributed by atoms with Crippen LogP contribution in [0.1, 0.15) is 31.2 Å². The van der Waals surface area contributed by atoms with Crippen molar-refractivity contribution < 1.29 is 18.8 Å². The first-order chi connectivity index (χ1) is 19.2. The molecule has 3 aromatic carbocycles. The number of halogens is 3. The van der Waals surface area contributed by atoms with Crippen molar-refractivity contribution in [3.63, 3.8) is 0 Å². The Kier molecular flexibility index (Phi) is 9.22. The fourth-order valence-corrected chi connectivity index (χ4v) is 4.40. The van der Waals surface area contributed by atoms with E-state index in [4.69, 9.17) is 16.3 Å². The van der Waals surface area contributed by atoms with Gasteiger partial charge in [-0.05, 0) is 48.9 Å². The van der Waals surface area contributed by atoms with Crippen molar-refractivity contribution in [3.8, 4) is 5.75 Å². The predicted molar refractivity (Wildman–Crippen MR) is 154 cm³/mol. The molecule has 0 fully saturated rings. The van der Waals surface area contributed by atoms with Crippen molar-refractivity contribution in [2.75, 3.05) is 11.9 Å². The number of rotatable bonds is 10. The minimum atomic E-state index is -0.711. The van der Waals surface area contributed by atoms with Gasteiger partial charge in [0.2, 0.25) is 5.75 Å². The van der Waals surface area contributed by atoms with Crippen LogP contribution < -0.4 is 15.6 Å². The average Bonchev–Trinajstić information content (AvgIpc) is 2.91. The van der Waals surface area contributed by atoms with Crippen LogP contribution in [0.25, 0.3) is 10.9 Å². The Labute approximate surface area is 240 Å². The van der Waals surface area contributed by atoms with Gasteiger partial charge >= 0.3 is 5.69 Å². The third-order valence-corrected chi connectivity index (χ3v) is 6.37. The van der Waals surface area contributed by atoms with Crippen LogP contribution in [0.4, 0.5) is 15.8 Å². The monoisotopic (exact) mass is 629 g/mol. The molecule has 0 saturated heterocycles. The average molecular weight is 631 g/mol. The lowest BCUT2D eigenvalue weighted by molar-refractivity contribution is -0.385. The molecule has 0 radical (unpaired) electrons. The summed E-state index contributed by atoms with van der Waals surface area (Å²) in [5.74, 6) is -1.10. The maximum absolute atomic E-state index is 13.4. The molecule has 0 saturated carbocycles. The summed E-state index contributed by atoms with van der Waals surface area (Å²) >= 11 is 9.50. The lowest BCUT2D eigenvalue weighted by atomic mass is 10.2. The smallest absolute Gasteiger partial charge is 0.313 e. The zero-order valence-corrected chi connectivity index (χ0v) is 23.4. The topological polar surface area (TPSA) is 129 Å². The van der Waals surface area contributed by atoms with Crippen molar-refractivity contribution in [1.82, 2.24) is 9.66 Å². The normalized spacial score (nSPS) is 11.2. The minimum Gasteiger partial charge on any atom is -0.476 e. The van der Waals surface area contributed by atoms with Crippen molar-refractivity contribution >= 4 is 61.9 Å². The number of hydrogen-bond donors (Lipinski definition) is 1. The van der Waals surface area contributed by atoms with E-state index in [-0.39, 0.29) is 22.0 Å². The van der Waals surface area contributed by atoms with Crippen LogP contribution in [0.15, 0.2) is 69.0 Å². The third-order valence-electron chi connectivity index (χ3n) is 5.66. The molecule has 4 aromatic rings. The molecule has 0 spiro atoms. The molecule has 1 heterocycles. The molecular formula is C27H22BrClFN5O5. The van der Waals surface area contributed by atoms with Crippen LogP contribution >= 0.6 is 27.5 Å². The van der Waals surface area contributed by atoms with E-state index < -0.39 is 34.5 Å². The van der Waals surface area contributed by atoms with Gasteiger partial charge in [-0.1, -0.05) is 46.9 Å². The van der Waals surface area contributed by atoms with Gasteiger partial charge in [-0.25, -0.2) is 9.37 Å². The van der Waals surface area contributed by atoms with Crippen molar-refractivity contribution in [2.24, 2.45) is 5.10 Å². The maximum atomic E-state index is 13.4. The highest BCUT2D eigenvalue weighted by Crippen LogP contribution is 2.34. The van der Waals surface area contributed by atoms with Gasteiger partial charge in [0.1, 0.15) is 11.6 Å². The number of hydrogen-bond acceptors (Lipinski definition) is 7. The van der Waals surface area contributed by atoms with Gasteiger partial charge in [0.05, 0.1) is 22.0 Å². The van der Waals surface area contributed by atoms with E-state index in [9.17, 15) is 24.1 Å². The molecule has 0 unspecified atom stereocenters. The Morgan fingerprint density at radius 2 is 2.08 bits per heavy atom. The number of benzene rings is 3. The summed E-state index contributed by atoms with van der Waals surface area (Å²) in [6.45, 7) is 1.37. The van der Waals surface area contributed by atoms with E-state index in [1.807, 2.05) is 6.92 Å². The molecule has 1 N–H and O–H groups in total. The number of aryl methyl sites for hydroxylation is 1. The lowest BCUT2D eigenvalue weighted by Crippen LogP contribution is -2.23. The third kappa shape index (κ3) is 6.88. The number of carbonyl (C=O) groups is 1. The van der Waals surface area contributed by atoms with Gasteiger partial charge < -0.3 is 10.1 Å². The SMILES string of the molecule is CCCCc1nc2ccc(Br)cc2c(=O)n1N=Cc1cc(Cl)cc([N+](=O)[O-])c1OCC(=O)Nc1cccc(F)c1. The highest BCUT2D eigenvalue weighted by Gasteiger charge is 2.22. The van der Waals surface area contributed by atoms with Gasteiger partial charge in [-0.15, -0.1) is 0 Å². The fraction of sp³-hybridized carbons (Fsp3) is 0.185. The van der Waals surface area contributed by atoms with Crippen molar-refractivity contribution in [1.29, 1.82) is 0 Å². The molecule has 1 amide bonds. The van der Waals surface area contributed by atoms with Crippen LogP contribution in [0.3, 0.4) is 0 Å². The Bertz CT molecular complexity index is 1690. The lowest BCUT2D eigenvalue weighted by Gasteiger charge is -2.12. The number of nitrogens with zero attached hydrogens (tertiary/aromatic N) is 4. The summed E-state index contributed by atoms with van der Waals surface area (Å²) in [5.41, 5.74) is -0.179. The van der Waals surface area contributed by atoms with E-state index in [0.29, 0.717) is 27.6 Å². The van der Waals surface area contributed by atoms with Crippen LogP contribution in [0, 0.1) is 15.9 Å². The van der Waals surface area contributed by atoms with Gasteiger partial charge in [-0.2, -0.15) is 9.78 Å². The van der Waals surface area contributed by atoms with Gasteiger partial charge in [-0.3, -0.25) is 19.7 Å². The highest BCUT2D eigenvalue weighted by molar-refractivity contribution is 9.10. The van der Waals surface area contributed by atoms with E-state index in [2.05, 4.69) is 31.3 Å². The molecular weight excluding hydrogens is 609 g/mol. The number of aromatic nitrogens is 2. The Hall–Kier alpha value is -4.16. The summed E-state index contributed by atoms with van der Waals surface area (Å²) in [7, 11) is 0. The largest absolute Gasteiger partial charge is 0.476 e. The number of nitro groups is 1. The fourth-order valence-electron chi connectivity index (χ4n) is 3.82. The zero-order valence-electron chi connectivity index (χ0n) is 21.1. The number of nitrogens with one attached hydrogen (secondary N) is 1. The molecule has 13 heteroatoms. The summed E-state index contributed by atoms with van der Waals surface area (Å²) < 4.78 is 20.8. The quantitative estimate of drug-likeness (QED) is 0.128. The number of anilines is 1. The van der Waals surface area contributed by atoms with Crippen LogP contribution in [-0.2, 0) is 11.2 Å². The van der Waals surface area contributed by atoms with Crippen LogP contribution in [-0.4, -0.2) is 33.3 Å². The maximum Gasteiger partial charge on any atom is 0.313 e. The summed E-state index contributed by atoms with van der Waals surface area (Å²) in [4.78, 5) is 41.5. The summed E-state index contributed by atoms with van der Waals surface area (Å²) in [6.07, 6.45) is 3.27. The summed E-state index contributed by atoms with van der Waals surface area (Å²) in [6, 6.07) is 12.8. The molecule has 0 aliphatic heterocycles. The van der Waals surface area contributed by atoms with Gasteiger partial charge in [0.15, 0.2) is 6.61 Å². The van der Waals surface area contributed by atoms with Crippen LogP contribution in [0.2, 0.25) is 5.02 Å². The van der Waals surface area contributed by atoms with E-state index in [0.717, 1.165) is 29.7 Å². The second kappa shape index (κ2) is 12.8. The number of unbranched alkanes of at least 4 members (excludes halogenated alkanes) is 1. The Morgan fingerprint density at radius 3 is 2.80 bits per heavy atom. The number of ether oxygens (including phenoxy) is 1. The Balaban J connectivity index is 1.72. The first-order valence-electron chi connectivity index (χ1n) is 12.1. The van der Waals surface area contributed by atoms with E-state index in [1.165, 1.54) is 30.5 Å². The van der Waals surface area contributed by atoms with Gasteiger partial charge in [0.25, 0.3) is 11.5 Å². The van der Waals surface area contributed by atoms with Crippen molar-refractivity contribution in [3.05, 3.63) is 102 Å².